The third kappa shape index (κ3) is 5.02. The third-order valence-electron chi connectivity index (χ3n) is 5.20. The summed E-state index contributed by atoms with van der Waals surface area (Å²) in [4.78, 5) is 39.4. The van der Waals surface area contributed by atoms with Crippen molar-refractivity contribution >= 4 is 18.0 Å². The molecular weight excluding hydrogens is 390 g/mol. The van der Waals surface area contributed by atoms with Crippen molar-refractivity contribution in [2.45, 2.75) is 39.7 Å². The molecule has 0 unspecified atom stereocenters. The number of likely N-dealkylation sites (tertiary alicyclic amines) is 1. The molecule has 2 aliphatic heterocycles. The number of carbonyl (C=O) groups excluding carboxylic acids is 3. The van der Waals surface area contributed by atoms with Gasteiger partial charge in [0.25, 0.3) is 0 Å². The van der Waals surface area contributed by atoms with E-state index in [-0.39, 0.29) is 18.5 Å². The van der Waals surface area contributed by atoms with Gasteiger partial charge in [-0.3, -0.25) is 9.69 Å². The number of furan rings is 1. The fourth-order valence-corrected chi connectivity index (χ4v) is 3.89. The van der Waals surface area contributed by atoms with Crippen LogP contribution < -0.4 is 10.6 Å². The normalized spacial score (nSPS) is 22.3. The predicted molar refractivity (Wildman–Crippen MR) is 107 cm³/mol. The summed E-state index contributed by atoms with van der Waals surface area (Å²) in [6.45, 7) is 7.44. The van der Waals surface area contributed by atoms with Crippen LogP contribution in [0.25, 0.3) is 0 Å². The molecule has 3 rings (SSSR count). The molecule has 2 N–H and O–H groups in total. The molecule has 1 fully saturated rings. The molecule has 1 aromatic heterocycles. The van der Waals surface area contributed by atoms with E-state index < -0.39 is 18.0 Å². The first-order chi connectivity index (χ1) is 14.4. The van der Waals surface area contributed by atoms with Gasteiger partial charge in [-0.15, -0.1) is 0 Å². The van der Waals surface area contributed by atoms with Gasteiger partial charge in [0.1, 0.15) is 17.6 Å². The van der Waals surface area contributed by atoms with E-state index in [1.807, 2.05) is 0 Å². The van der Waals surface area contributed by atoms with Crippen molar-refractivity contribution in [1.82, 2.24) is 15.5 Å². The van der Waals surface area contributed by atoms with Gasteiger partial charge in [0.2, 0.25) is 0 Å². The molecule has 3 heterocycles. The Morgan fingerprint density at radius 2 is 2.00 bits per heavy atom. The number of aryl methyl sites for hydroxylation is 1. The molecule has 9 heteroatoms. The van der Waals surface area contributed by atoms with Gasteiger partial charge in [0.15, 0.2) is 0 Å². The summed E-state index contributed by atoms with van der Waals surface area (Å²) >= 11 is 0. The maximum absolute atomic E-state index is 12.8. The topological polar surface area (TPSA) is 110 Å². The van der Waals surface area contributed by atoms with Crippen molar-refractivity contribution < 1.29 is 28.3 Å². The van der Waals surface area contributed by atoms with Crippen LogP contribution in [-0.2, 0) is 19.1 Å². The first-order valence-corrected chi connectivity index (χ1v) is 10.4. The van der Waals surface area contributed by atoms with Gasteiger partial charge >= 0.3 is 18.0 Å². The quantitative estimate of drug-likeness (QED) is 0.651. The summed E-state index contributed by atoms with van der Waals surface area (Å²) < 4.78 is 16.1. The summed E-state index contributed by atoms with van der Waals surface area (Å²) in [6.07, 6.45) is 1.60. The molecule has 0 bridgehead atoms. The van der Waals surface area contributed by atoms with Crippen LogP contribution in [0, 0.1) is 12.8 Å². The van der Waals surface area contributed by atoms with Crippen LogP contribution in [0.4, 0.5) is 4.79 Å². The van der Waals surface area contributed by atoms with E-state index in [0.29, 0.717) is 42.5 Å². The van der Waals surface area contributed by atoms with Crippen LogP contribution in [-0.4, -0.2) is 55.7 Å². The number of amides is 2. The molecule has 164 valence electrons. The maximum Gasteiger partial charge on any atom is 0.338 e. The van der Waals surface area contributed by atoms with Crippen LogP contribution >= 0.6 is 0 Å². The number of nitrogens with zero attached hydrogens (tertiary/aromatic N) is 1. The molecule has 0 saturated carbocycles. The molecule has 2 aliphatic rings. The number of piperidine rings is 1. The number of esters is 2. The average molecular weight is 419 g/mol. The lowest BCUT2D eigenvalue weighted by molar-refractivity contribution is -0.150. The lowest BCUT2D eigenvalue weighted by Crippen LogP contribution is -2.49. The minimum atomic E-state index is -0.743. The minimum absolute atomic E-state index is 0.208. The number of urea groups is 1. The summed E-state index contributed by atoms with van der Waals surface area (Å²) in [5.74, 6) is 0.200. The smallest absolute Gasteiger partial charge is 0.338 e. The molecular formula is C21H29N3O6. The number of hydrogen-bond acceptors (Lipinski definition) is 7. The zero-order valence-electron chi connectivity index (χ0n) is 17.7. The van der Waals surface area contributed by atoms with Gasteiger partial charge in [-0.1, -0.05) is 0 Å². The van der Waals surface area contributed by atoms with E-state index in [0.717, 1.165) is 19.4 Å². The van der Waals surface area contributed by atoms with E-state index >= 15 is 0 Å². The van der Waals surface area contributed by atoms with Gasteiger partial charge in [0, 0.05) is 18.8 Å². The molecule has 2 atom stereocenters. The largest absolute Gasteiger partial charge is 0.466 e. The number of hydrogen-bond donors (Lipinski definition) is 2. The molecule has 1 aromatic rings. The van der Waals surface area contributed by atoms with Crippen molar-refractivity contribution in [2.75, 3.05) is 32.8 Å². The van der Waals surface area contributed by atoms with E-state index in [2.05, 4.69) is 15.5 Å². The molecule has 30 heavy (non-hydrogen) atoms. The van der Waals surface area contributed by atoms with Crippen LogP contribution in [0.15, 0.2) is 27.8 Å². The monoisotopic (exact) mass is 419 g/mol. The molecule has 0 spiro atoms. The summed E-state index contributed by atoms with van der Waals surface area (Å²) in [5.41, 5.74) is 0.768. The number of nitrogens with one attached hydrogen (secondary N) is 2. The lowest BCUT2D eigenvalue weighted by atomic mass is 9.96. The van der Waals surface area contributed by atoms with Crippen molar-refractivity contribution in [3.8, 4) is 0 Å². The zero-order chi connectivity index (χ0) is 21.7. The highest BCUT2D eigenvalue weighted by Crippen LogP contribution is 2.30. The maximum atomic E-state index is 12.8. The second-order valence-corrected chi connectivity index (χ2v) is 7.42. The van der Waals surface area contributed by atoms with Gasteiger partial charge in [-0.2, -0.15) is 0 Å². The van der Waals surface area contributed by atoms with E-state index in [1.165, 1.54) is 0 Å². The SMILES string of the molecule is CCOC(=O)C1=C(CN2CCC[C@@H](C(=O)OCC)C2)NC(=O)N[C@H]1c1ccc(C)o1. The summed E-state index contributed by atoms with van der Waals surface area (Å²) in [6, 6.07) is 2.35. The average Bonchev–Trinajstić information content (AvgIpc) is 3.14. The minimum Gasteiger partial charge on any atom is -0.466 e. The van der Waals surface area contributed by atoms with E-state index in [9.17, 15) is 14.4 Å². The second kappa shape index (κ2) is 9.80. The fraction of sp³-hybridized carbons (Fsp3) is 0.571. The Balaban J connectivity index is 1.88. The van der Waals surface area contributed by atoms with Crippen molar-refractivity contribution in [3.63, 3.8) is 0 Å². The Bertz CT molecular complexity index is 830. The Kier molecular flexibility index (Phi) is 7.15. The molecule has 1 saturated heterocycles. The molecule has 0 aliphatic carbocycles. The van der Waals surface area contributed by atoms with Gasteiger partial charge in [-0.25, -0.2) is 9.59 Å². The van der Waals surface area contributed by atoms with Crippen LogP contribution in [0.3, 0.4) is 0 Å². The zero-order valence-corrected chi connectivity index (χ0v) is 17.7. The van der Waals surface area contributed by atoms with Crippen LogP contribution in [0.5, 0.6) is 0 Å². The number of rotatable bonds is 7. The van der Waals surface area contributed by atoms with Crippen LogP contribution in [0.2, 0.25) is 0 Å². The Hall–Kier alpha value is -2.81. The van der Waals surface area contributed by atoms with Gasteiger partial charge < -0.3 is 24.5 Å². The lowest BCUT2D eigenvalue weighted by Gasteiger charge is -2.34. The van der Waals surface area contributed by atoms with Crippen molar-refractivity contribution in [3.05, 3.63) is 34.9 Å². The summed E-state index contributed by atoms with van der Waals surface area (Å²) in [7, 11) is 0. The van der Waals surface area contributed by atoms with Crippen LogP contribution in [0.1, 0.15) is 44.3 Å². The number of ether oxygens (including phenoxy) is 2. The predicted octanol–water partition coefficient (Wildman–Crippen LogP) is 2.03. The third-order valence-corrected chi connectivity index (χ3v) is 5.20. The molecule has 0 radical (unpaired) electrons. The van der Waals surface area contributed by atoms with Crippen molar-refractivity contribution in [1.29, 1.82) is 0 Å². The molecule has 2 amide bonds. The Labute approximate surface area is 175 Å². The molecule has 9 nitrogen and oxygen atoms in total. The summed E-state index contributed by atoms with van der Waals surface area (Å²) in [5, 5.41) is 5.51. The highest BCUT2D eigenvalue weighted by atomic mass is 16.5. The molecule has 0 aromatic carbocycles. The van der Waals surface area contributed by atoms with E-state index in [4.69, 9.17) is 13.9 Å². The highest BCUT2D eigenvalue weighted by molar-refractivity contribution is 5.95. The Morgan fingerprint density at radius 3 is 2.67 bits per heavy atom. The second-order valence-electron chi connectivity index (χ2n) is 7.42. The van der Waals surface area contributed by atoms with Gasteiger partial charge in [0.05, 0.1) is 24.7 Å². The first-order valence-electron chi connectivity index (χ1n) is 10.4. The van der Waals surface area contributed by atoms with Crippen molar-refractivity contribution in [2.24, 2.45) is 5.92 Å². The Morgan fingerprint density at radius 1 is 1.23 bits per heavy atom. The number of carbonyl (C=O) groups is 3. The van der Waals surface area contributed by atoms with E-state index in [1.54, 1.807) is 32.9 Å². The van der Waals surface area contributed by atoms with Gasteiger partial charge in [-0.05, 0) is 52.3 Å². The standard InChI is InChI=1S/C21H29N3O6/c1-4-28-19(25)14-7-6-10-24(11-14)12-15-17(20(26)29-5-2)18(23-21(27)22-15)16-9-8-13(3)30-16/h8-9,14,18H,4-7,10-12H2,1-3H3,(H2,22,23,27)/t14-,18+/m1/s1. The fourth-order valence-electron chi connectivity index (χ4n) is 3.89. The highest BCUT2D eigenvalue weighted by Gasteiger charge is 2.37. The first kappa shape index (κ1) is 21.9.